The molecule has 2 aromatic carbocycles. The van der Waals surface area contributed by atoms with E-state index in [9.17, 15) is 4.79 Å². The molecule has 3 rings (SSSR count). The second-order valence-electron chi connectivity index (χ2n) is 6.34. The lowest BCUT2D eigenvalue weighted by Crippen LogP contribution is -2.37. The molecule has 1 heterocycles. The Kier molecular flexibility index (Phi) is 7.77. The lowest BCUT2D eigenvalue weighted by Gasteiger charge is -2.31. The minimum atomic E-state index is 0. The van der Waals surface area contributed by atoms with Gasteiger partial charge in [0.15, 0.2) is 5.78 Å². The van der Waals surface area contributed by atoms with Crippen LogP contribution in [0.2, 0.25) is 10.0 Å². The van der Waals surface area contributed by atoms with Gasteiger partial charge in [-0.15, -0.1) is 12.4 Å². The number of Topliss-reactive ketones (excluding diaryl/α,β-unsaturated/α-hetero) is 1. The number of carbonyl (C=O) groups excluding carboxylic acids is 1. The molecular formula is C20H22Cl3NO. The number of hydrogen-bond donors (Lipinski definition) is 0. The van der Waals surface area contributed by atoms with Gasteiger partial charge in [0.1, 0.15) is 0 Å². The fraction of sp³-hybridized carbons (Fsp3) is 0.350. The first-order chi connectivity index (χ1) is 11.6. The van der Waals surface area contributed by atoms with E-state index in [4.69, 9.17) is 23.2 Å². The largest absolute Gasteiger partial charge is 0.303 e. The molecule has 1 aliphatic heterocycles. The van der Waals surface area contributed by atoms with Gasteiger partial charge in [0.25, 0.3) is 0 Å². The molecule has 0 atom stereocenters. The van der Waals surface area contributed by atoms with Crippen LogP contribution in [0.25, 0.3) is 0 Å². The SMILES string of the molecule is Cl.O=C(c1ccc(Cl)c(Cl)c1)C1CCN(CCc2ccccc2)CC1. The molecule has 0 aromatic heterocycles. The van der Waals surface area contributed by atoms with Crippen molar-refractivity contribution in [2.75, 3.05) is 19.6 Å². The van der Waals surface area contributed by atoms with Crippen LogP contribution in [0.1, 0.15) is 28.8 Å². The van der Waals surface area contributed by atoms with Crippen molar-refractivity contribution in [3.8, 4) is 0 Å². The van der Waals surface area contributed by atoms with E-state index in [0.29, 0.717) is 15.6 Å². The van der Waals surface area contributed by atoms with E-state index >= 15 is 0 Å². The lowest BCUT2D eigenvalue weighted by molar-refractivity contribution is 0.0841. The van der Waals surface area contributed by atoms with E-state index in [1.165, 1.54) is 5.56 Å². The maximum absolute atomic E-state index is 12.6. The third kappa shape index (κ3) is 5.46. The third-order valence-electron chi connectivity index (χ3n) is 4.72. The molecule has 25 heavy (non-hydrogen) atoms. The average molecular weight is 399 g/mol. The van der Waals surface area contributed by atoms with Crippen LogP contribution in [-0.4, -0.2) is 30.3 Å². The number of piperidine rings is 1. The van der Waals surface area contributed by atoms with Gasteiger partial charge in [0, 0.05) is 18.0 Å². The molecule has 0 aliphatic carbocycles. The fourth-order valence-electron chi connectivity index (χ4n) is 3.24. The zero-order chi connectivity index (χ0) is 16.9. The quantitative estimate of drug-likeness (QED) is 0.615. The summed E-state index contributed by atoms with van der Waals surface area (Å²) in [4.78, 5) is 15.1. The predicted octanol–water partition coefficient (Wildman–Crippen LogP) is 5.55. The van der Waals surface area contributed by atoms with Crippen LogP contribution in [0.5, 0.6) is 0 Å². The Morgan fingerprint density at radius 3 is 2.32 bits per heavy atom. The second-order valence-corrected chi connectivity index (χ2v) is 7.16. The maximum Gasteiger partial charge on any atom is 0.166 e. The molecule has 1 aliphatic rings. The molecular weight excluding hydrogens is 377 g/mol. The minimum absolute atomic E-state index is 0. The lowest BCUT2D eigenvalue weighted by atomic mass is 9.89. The van der Waals surface area contributed by atoms with Crippen molar-refractivity contribution < 1.29 is 4.79 Å². The summed E-state index contributed by atoms with van der Waals surface area (Å²) in [5.41, 5.74) is 2.04. The third-order valence-corrected chi connectivity index (χ3v) is 5.46. The van der Waals surface area contributed by atoms with Gasteiger partial charge in [-0.2, -0.15) is 0 Å². The first-order valence-electron chi connectivity index (χ1n) is 8.39. The number of benzene rings is 2. The van der Waals surface area contributed by atoms with E-state index in [1.54, 1.807) is 18.2 Å². The van der Waals surface area contributed by atoms with E-state index in [1.807, 2.05) is 6.07 Å². The summed E-state index contributed by atoms with van der Waals surface area (Å²) < 4.78 is 0. The monoisotopic (exact) mass is 397 g/mol. The molecule has 0 unspecified atom stereocenters. The highest BCUT2D eigenvalue weighted by molar-refractivity contribution is 6.42. The van der Waals surface area contributed by atoms with Crippen LogP contribution in [0.3, 0.4) is 0 Å². The zero-order valence-electron chi connectivity index (χ0n) is 14.0. The van der Waals surface area contributed by atoms with Crippen molar-refractivity contribution in [1.29, 1.82) is 0 Å². The van der Waals surface area contributed by atoms with Crippen molar-refractivity contribution >= 4 is 41.4 Å². The van der Waals surface area contributed by atoms with Crippen LogP contribution in [0.4, 0.5) is 0 Å². The maximum atomic E-state index is 12.6. The molecule has 0 saturated carbocycles. The van der Waals surface area contributed by atoms with Crippen LogP contribution >= 0.6 is 35.6 Å². The van der Waals surface area contributed by atoms with Crippen molar-refractivity contribution in [2.45, 2.75) is 19.3 Å². The standard InChI is InChI=1S/C20H21Cl2NO.ClH/c21-18-7-6-17(14-19(18)22)20(24)16-9-12-23(13-10-16)11-8-15-4-2-1-3-5-15;/h1-7,14,16H,8-13H2;1H. The highest BCUT2D eigenvalue weighted by atomic mass is 35.5. The smallest absolute Gasteiger partial charge is 0.166 e. The number of carbonyl (C=O) groups is 1. The Hall–Kier alpha value is -1.06. The Bertz CT molecular complexity index is 697. The summed E-state index contributed by atoms with van der Waals surface area (Å²) in [6, 6.07) is 15.7. The number of nitrogens with zero attached hydrogens (tertiary/aromatic N) is 1. The van der Waals surface area contributed by atoms with Gasteiger partial charge in [-0.05, 0) is 56.1 Å². The molecule has 5 heteroatoms. The number of halogens is 3. The normalized spacial score (nSPS) is 15.6. The van der Waals surface area contributed by atoms with E-state index in [2.05, 4.69) is 29.2 Å². The molecule has 0 radical (unpaired) electrons. The topological polar surface area (TPSA) is 20.3 Å². The molecule has 134 valence electrons. The van der Waals surface area contributed by atoms with Crippen LogP contribution in [0.15, 0.2) is 48.5 Å². The van der Waals surface area contributed by atoms with Gasteiger partial charge in [0.05, 0.1) is 10.0 Å². The zero-order valence-corrected chi connectivity index (χ0v) is 16.3. The van der Waals surface area contributed by atoms with E-state index in [-0.39, 0.29) is 24.1 Å². The number of ketones is 1. The molecule has 0 spiro atoms. The van der Waals surface area contributed by atoms with Crippen LogP contribution in [-0.2, 0) is 6.42 Å². The Morgan fingerprint density at radius 1 is 1.00 bits per heavy atom. The van der Waals surface area contributed by atoms with Gasteiger partial charge in [-0.25, -0.2) is 0 Å². The summed E-state index contributed by atoms with van der Waals surface area (Å²) in [6.07, 6.45) is 2.88. The molecule has 1 saturated heterocycles. The Balaban J connectivity index is 0.00000225. The first-order valence-corrected chi connectivity index (χ1v) is 9.14. The van der Waals surface area contributed by atoms with E-state index in [0.717, 1.165) is 38.9 Å². The highest BCUT2D eigenvalue weighted by Gasteiger charge is 2.25. The molecule has 2 nitrogen and oxygen atoms in total. The summed E-state index contributed by atoms with van der Waals surface area (Å²) in [6.45, 7) is 3.01. The van der Waals surface area contributed by atoms with Crippen LogP contribution < -0.4 is 0 Å². The van der Waals surface area contributed by atoms with Crippen molar-refractivity contribution in [2.24, 2.45) is 5.92 Å². The molecule has 0 bridgehead atoms. The number of likely N-dealkylation sites (tertiary alicyclic amines) is 1. The van der Waals surface area contributed by atoms with Crippen LogP contribution in [0, 0.1) is 5.92 Å². The summed E-state index contributed by atoms with van der Waals surface area (Å²) in [5.74, 6) is 0.284. The second kappa shape index (κ2) is 9.59. The average Bonchev–Trinajstić information content (AvgIpc) is 2.63. The molecule has 0 N–H and O–H groups in total. The summed E-state index contributed by atoms with van der Waals surface area (Å²) in [7, 11) is 0. The molecule has 0 amide bonds. The van der Waals surface area contributed by atoms with E-state index < -0.39 is 0 Å². The number of rotatable bonds is 5. The Labute approximate surface area is 165 Å². The minimum Gasteiger partial charge on any atom is -0.303 e. The van der Waals surface area contributed by atoms with Crippen molar-refractivity contribution in [1.82, 2.24) is 4.90 Å². The van der Waals surface area contributed by atoms with Gasteiger partial charge >= 0.3 is 0 Å². The van der Waals surface area contributed by atoms with Crippen molar-refractivity contribution in [3.63, 3.8) is 0 Å². The summed E-state index contributed by atoms with van der Waals surface area (Å²) in [5, 5.41) is 0.937. The predicted molar refractivity (Wildman–Crippen MR) is 107 cm³/mol. The van der Waals surface area contributed by atoms with Gasteiger partial charge in [-0.1, -0.05) is 53.5 Å². The fourth-order valence-corrected chi connectivity index (χ4v) is 3.53. The van der Waals surface area contributed by atoms with Crippen molar-refractivity contribution in [3.05, 3.63) is 69.7 Å². The number of hydrogen-bond acceptors (Lipinski definition) is 2. The van der Waals surface area contributed by atoms with Gasteiger partial charge < -0.3 is 4.90 Å². The first kappa shape index (κ1) is 20.3. The van der Waals surface area contributed by atoms with Gasteiger partial charge in [-0.3, -0.25) is 4.79 Å². The highest BCUT2D eigenvalue weighted by Crippen LogP contribution is 2.27. The molecule has 2 aromatic rings. The Morgan fingerprint density at radius 2 is 1.68 bits per heavy atom. The summed E-state index contributed by atoms with van der Waals surface area (Å²) >= 11 is 12.0. The van der Waals surface area contributed by atoms with Gasteiger partial charge in [0.2, 0.25) is 0 Å². The molecule has 1 fully saturated rings.